The van der Waals surface area contributed by atoms with Gasteiger partial charge in [-0.25, -0.2) is 4.57 Å². The third-order valence-corrected chi connectivity index (χ3v) is 0.270. The zero-order valence-electron chi connectivity index (χ0n) is 3.43. The van der Waals surface area contributed by atoms with E-state index in [9.17, 15) is 4.53 Å². The fourth-order valence-electron chi connectivity index (χ4n) is 0. The summed E-state index contributed by atoms with van der Waals surface area (Å²) >= 11 is 0. The van der Waals surface area contributed by atoms with Crippen LogP contribution in [0, 0.1) is 10.8 Å². The van der Waals surface area contributed by atoms with Crippen LogP contribution < -0.4 is 0 Å². The smallest absolute Gasteiger partial charge is 0.301 e. The zero-order valence-corrected chi connectivity index (χ0v) is 4.32. The lowest BCUT2D eigenvalue weighted by atomic mass is 13.4. The Morgan fingerprint density at radius 2 is 1.62 bits per heavy atom. The molecule has 0 aromatic heterocycles. The molecule has 0 fully saturated rings. The van der Waals surface area contributed by atoms with Gasteiger partial charge in [0.2, 0.25) is 0 Å². The van der Waals surface area contributed by atoms with Crippen LogP contribution in [0.15, 0.2) is 0 Å². The summed E-state index contributed by atoms with van der Waals surface area (Å²) in [4.78, 5) is 14.7. The van der Waals surface area contributed by atoms with E-state index in [-0.39, 0.29) is 0 Å². The van der Waals surface area contributed by atoms with Gasteiger partial charge in [-0.2, -0.15) is 0 Å². The minimum Gasteiger partial charge on any atom is -0.301 e. The molecule has 0 amide bonds. The molecule has 0 saturated carbocycles. The van der Waals surface area contributed by atoms with Gasteiger partial charge in [-0.05, 0) is 4.53 Å². The van der Waals surface area contributed by atoms with Crippen molar-refractivity contribution in [1.29, 1.82) is 10.8 Å². The zero-order chi connectivity index (χ0) is 7.21. The largest absolute Gasteiger partial charge is 0.500 e. The Balaban J connectivity index is 0. The maximum Gasteiger partial charge on any atom is 0.500 e. The van der Waals surface area contributed by atoms with Gasteiger partial charge in [0.1, 0.15) is 0 Å². The summed E-state index contributed by atoms with van der Waals surface area (Å²) in [5.74, 6) is 0. The molecule has 0 aliphatic heterocycles. The molecule has 0 unspecified atom stereocenters. The standard InChI is InChI=1S/FH2O4P.N2/c1-5-6(2,3)4;1-2/h(H2,2,3,4);. The van der Waals surface area contributed by atoms with Gasteiger partial charge in [0.25, 0.3) is 0 Å². The van der Waals surface area contributed by atoms with Crippen LogP contribution in [-0.2, 0) is 9.29 Å². The summed E-state index contributed by atoms with van der Waals surface area (Å²) < 4.78 is 21.4. The van der Waals surface area contributed by atoms with E-state index in [1.165, 1.54) is 0 Å². The van der Waals surface area contributed by atoms with E-state index in [4.69, 9.17) is 25.1 Å². The molecule has 8 heteroatoms. The third kappa shape index (κ3) is 17.9. The van der Waals surface area contributed by atoms with Crippen molar-refractivity contribution in [3.05, 3.63) is 0 Å². The first-order chi connectivity index (χ1) is 3.56. The predicted octanol–water partition coefficient (Wildman–Crippen LogP) is 0.0104. The molecule has 0 spiro atoms. The van der Waals surface area contributed by atoms with Gasteiger partial charge in [-0.3, -0.25) is 0 Å². The lowest BCUT2D eigenvalue weighted by Gasteiger charge is -1.87. The maximum atomic E-state index is 10.2. The molecule has 48 valence electrons. The number of nitrogens with zero attached hydrogens (tertiary/aromatic N) is 2. The minimum atomic E-state index is -4.81. The molecule has 0 aliphatic carbocycles. The summed E-state index contributed by atoms with van der Waals surface area (Å²) in [7, 11) is -4.81. The van der Waals surface area contributed by atoms with E-state index >= 15 is 0 Å². The van der Waals surface area contributed by atoms with E-state index in [0.29, 0.717) is 0 Å². The molecule has 6 nitrogen and oxygen atoms in total. The van der Waals surface area contributed by atoms with Crippen molar-refractivity contribution in [2.24, 2.45) is 0 Å². The van der Waals surface area contributed by atoms with E-state index < -0.39 is 7.82 Å². The fraction of sp³-hybridized carbons (Fsp3) is 0. The molecule has 0 rings (SSSR count). The summed E-state index contributed by atoms with van der Waals surface area (Å²) in [6, 6.07) is 0. The summed E-state index contributed by atoms with van der Waals surface area (Å²) in [5.41, 5.74) is 0. The first-order valence-electron chi connectivity index (χ1n) is 1.12. The second-order valence-corrected chi connectivity index (χ2v) is 1.68. The second kappa shape index (κ2) is 4.61. The van der Waals surface area contributed by atoms with Crippen LogP contribution in [0.1, 0.15) is 0 Å². The quantitative estimate of drug-likeness (QED) is 0.395. The van der Waals surface area contributed by atoms with Gasteiger partial charge in [-0.1, -0.05) is 4.73 Å². The third-order valence-electron chi connectivity index (χ3n) is 0.0899. The molecule has 0 heterocycles. The molecule has 2 N–H and O–H groups in total. The van der Waals surface area contributed by atoms with Crippen molar-refractivity contribution in [2.45, 2.75) is 0 Å². The average molecular weight is 144 g/mol. The van der Waals surface area contributed by atoms with Crippen LogP contribution in [0.5, 0.6) is 0 Å². The Bertz CT molecular complexity index is 104. The Kier molecular flexibility index (Phi) is 6.02. The van der Waals surface area contributed by atoms with E-state index in [1.807, 2.05) is 0 Å². The van der Waals surface area contributed by atoms with Crippen LogP contribution >= 0.6 is 7.82 Å². The van der Waals surface area contributed by atoms with Crippen LogP contribution in [0.3, 0.4) is 0 Å². The van der Waals surface area contributed by atoms with Crippen molar-refractivity contribution in [3.8, 4) is 0 Å². The minimum absolute atomic E-state index is 2.10. The first-order valence-corrected chi connectivity index (χ1v) is 2.65. The highest BCUT2D eigenvalue weighted by Crippen LogP contribution is 2.35. The van der Waals surface area contributed by atoms with Crippen molar-refractivity contribution < 1.29 is 23.6 Å². The van der Waals surface area contributed by atoms with E-state index in [2.05, 4.69) is 4.73 Å². The summed E-state index contributed by atoms with van der Waals surface area (Å²) in [6.45, 7) is 0. The Hall–Kier alpha value is -0.540. The first kappa shape index (κ1) is 10.4. The molecular weight excluding hydrogens is 142 g/mol. The highest BCUT2D eigenvalue weighted by atomic mass is 31.2. The molecule has 0 aromatic rings. The molecule has 0 aromatic carbocycles. The highest BCUT2D eigenvalue weighted by molar-refractivity contribution is 7.46. The average Bonchev–Trinajstić information content (AvgIpc) is 1.71. The van der Waals surface area contributed by atoms with Crippen molar-refractivity contribution >= 4 is 7.82 Å². The number of phosphoric acid groups is 1. The predicted molar refractivity (Wildman–Crippen MR) is 17.7 cm³/mol. The van der Waals surface area contributed by atoms with Gasteiger partial charge in [0.05, 0.1) is 0 Å². The Labute approximate surface area is 43.4 Å². The van der Waals surface area contributed by atoms with Crippen LogP contribution in [0.4, 0.5) is 4.53 Å². The fourth-order valence-corrected chi connectivity index (χ4v) is 0. The van der Waals surface area contributed by atoms with Crippen LogP contribution in [0.2, 0.25) is 0 Å². The Morgan fingerprint density at radius 3 is 1.62 bits per heavy atom. The van der Waals surface area contributed by atoms with Crippen LogP contribution in [-0.4, -0.2) is 9.79 Å². The van der Waals surface area contributed by atoms with E-state index in [1.54, 1.807) is 0 Å². The van der Waals surface area contributed by atoms with Gasteiger partial charge in [0.15, 0.2) is 0 Å². The Morgan fingerprint density at radius 1 is 1.50 bits per heavy atom. The second-order valence-electron chi connectivity index (χ2n) is 0.560. The molecule has 0 saturated heterocycles. The number of halogens is 1. The molecule has 0 radical (unpaired) electrons. The number of rotatable bonds is 1. The SMILES string of the molecule is N#N.O=P(O)(O)OF. The van der Waals surface area contributed by atoms with Crippen molar-refractivity contribution in [3.63, 3.8) is 0 Å². The van der Waals surface area contributed by atoms with Gasteiger partial charge >= 0.3 is 7.82 Å². The monoisotopic (exact) mass is 144 g/mol. The molecule has 0 aliphatic rings. The van der Waals surface area contributed by atoms with Crippen LogP contribution in [0.25, 0.3) is 0 Å². The van der Waals surface area contributed by atoms with Gasteiger partial charge < -0.3 is 9.79 Å². The molecule has 0 bridgehead atoms. The number of hydrogen-bond donors (Lipinski definition) is 2. The topological polar surface area (TPSA) is 114 Å². The molecule has 0 atom stereocenters. The lowest BCUT2D eigenvalue weighted by molar-refractivity contribution is -0.0389. The van der Waals surface area contributed by atoms with E-state index in [0.717, 1.165) is 0 Å². The van der Waals surface area contributed by atoms with Crippen molar-refractivity contribution in [2.75, 3.05) is 0 Å². The highest BCUT2D eigenvalue weighted by Gasteiger charge is 2.12. The van der Waals surface area contributed by atoms with Crippen molar-refractivity contribution in [1.82, 2.24) is 0 Å². The molecule has 8 heavy (non-hydrogen) atoms. The number of hydrogen-bond acceptors (Lipinski definition) is 4. The van der Waals surface area contributed by atoms with Gasteiger partial charge in [0, 0.05) is 10.8 Å². The summed E-state index contributed by atoms with van der Waals surface area (Å²) in [6.07, 6.45) is 0. The molecular formula is H2FN2O4P. The maximum absolute atomic E-state index is 10.2. The summed E-state index contributed by atoms with van der Waals surface area (Å²) in [5, 5.41) is 12.0. The lowest BCUT2D eigenvalue weighted by Crippen LogP contribution is -1.71. The normalized spacial score (nSPS) is 9.12. The van der Waals surface area contributed by atoms with Gasteiger partial charge in [-0.15, -0.1) is 0 Å².